The number of nitrogens with one attached hydrogen (secondary N) is 2. The first-order valence-corrected chi connectivity index (χ1v) is 8.93. The molecule has 3 aromatic rings. The van der Waals surface area contributed by atoms with Crippen LogP contribution < -0.4 is 22.1 Å². The highest BCUT2D eigenvalue weighted by molar-refractivity contribution is 6.05. The number of anilines is 3. The molecule has 29 heavy (non-hydrogen) atoms. The monoisotopic (exact) mass is 387 g/mol. The lowest BCUT2D eigenvalue weighted by Crippen LogP contribution is -2.20. The summed E-state index contributed by atoms with van der Waals surface area (Å²) >= 11 is 0. The van der Waals surface area contributed by atoms with E-state index in [2.05, 4.69) is 15.6 Å². The van der Waals surface area contributed by atoms with E-state index < -0.39 is 0 Å². The van der Waals surface area contributed by atoms with Gasteiger partial charge in [-0.1, -0.05) is 24.3 Å². The van der Waals surface area contributed by atoms with Crippen molar-refractivity contribution in [2.24, 2.45) is 0 Å². The van der Waals surface area contributed by atoms with E-state index in [9.17, 15) is 9.59 Å². The van der Waals surface area contributed by atoms with Crippen LogP contribution in [0.5, 0.6) is 0 Å². The maximum absolute atomic E-state index is 12.3. The van der Waals surface area contributed by atoms with E-state index >= 15 is 0 Å². The maximum atomic E-state index is 12.3. The molecule has 0 radical (unpaired) electrons. The van der Waals surface area contributed by atoms with Crippen LogP contribution in [0.2, 0.25) is 0 Å². The van der Waals surface area contributed by atoms with Gasteiger partial charge in [0.05, 0.1) is 5.69 Å². The first-order valence-electron chi connectivity index (χ1n) is 8.93. The van der Waals surface area contributed by atoms with E-state index in [1.807, 2.05) is 12.1 Å². The predicted molar refractivity (Wildman–Crippen MR) is 115 cm³/mol. The molecule has 1 heterocycles. The number of nitrogens with zero attached hydrogens (tertiary/aromatic N) is 1. The van der Waals surface area contributed by atoms with Crippen LogP contribution in [-0.2, 0) is 11.3 Å². The molecule has 0 saturated carbocycles. The molecule has 7 nitrogen and oxygen atoms in total. The molecule has 7 heteroatoms. The minimum Gasteiger partial charge on any atom is -0.399 e. The summed E-state index contributed by atoms with van der Waals surface area (Å²) in [4.78, 5) is 28.2. The molecule has 146 valence electrons. The van der Waals surface area contributed by atoms with Gasteiger partial charge in [0.15, 0.2) is 0 Å². The number of pyridine rings is 1. The summed E-state index contributed by atoms with van der Waals surface area (Å²) in [6.45, 7) is 0.350. The van der Waals surface area contributed by atoms with Crippen LogP contribution >= 0.6 is 0 Å². The van der Waals surface area contributed by atoms with Gasteiger partial charge in [-0.3, -0.25) is 9.59 Å². The van der Waals surface area contributed by atoms with Crippen LogP contribution in [0.4, 0.5) is 17.2 Å². The van der Waals surface area contributed by atoms with Crippen molar-refractivity contribution >= 4 is 35.1 Å². The fourth-order valence-corrected chi connectivity index (χ4v) is 2.52. The Bertz CT molecular complexity index is 1030. The van der Waals surface area contributed by atoms with Gasteiger partial charge in [0.25, 0.3) is 5.91 Å². The molecule has 0 spiro atoms. The third-order valence-corrected chi connectivity index (χ3v) is 4.13. The topological polar surface area (TPSA) is 123 Å². The SMILES string of the molecule is Nc1ccc(C=CC(=O)NCc2ccc(C(=O)Nc3cccnc3N)cc2)cc1. The van der Waals surface area contributed by atoms with Gasteiger partial charge in [0, 0.05) is 30.1 Å². The Balaban J connectivity index is 1.52. The van der Waals surface area contributed by atoms with Crippen molar-refractivity contribution in [2.45, 2.75) is 6.54 Å². The third-order valence-electron chi connectivity index (χ3n) is 4.13. The summed E-state index contributed by atoms with van der Waals surface area (Å²) in [7, 11) is 0. The normalized spacial score (nSPS) is 10.6. The molecule has 0 fully saturated rings. The lowest BCUT2D eigenvalue weighted by atomic mass is 10.1. The quantitative estimate of drug-likeness (QED) is 0.383. The summed E-state index contributed by atoms with van der Waals surface area (Å²) in [5.74, 6) is -0.241. The number of hydrogen-bond acceptors (Lipinski definition) is 5. The van der Waals surface area contributed by atoms with Crippen molar-refractivity contribution in [1.29, 1.82) is 0 Å². The van der Waals surface area contributed by atoms with E-state index in [0.29, 0.717) is 23.5 Å². The average molecular weight is 387 g/mol. The lowest BCUT2D eigenvalue weighted by molar-refractivity contribution is -0.116. The molecule has 2 amide bonds. The molecule has 3 rings (SSSR count). The van der Waals surface area contributed by atoms with Gasteiger partial charge in [-0.15, -0.1) is 0 Å². The minimum absolute atomic E-state index is 0.212. The Morgan fingerprint density at radius 1 is 0.966 bits per heavy atom. The number of carbonyl (C=O) groups excluding carboxylic acids is 2. The molecule has 0 aliphatic heterocycles. The Hall–Kier alpha value is -4.13. The van der Waals surface area contributed by atoms with E-state index in [4.69, 9.17) is 11.5 Å². The third kappa shape index (κ3) is 5.67. The van der Waals surface area contributed by atoms with Crippen LogP contribution in [0.25, 0.3) is 6.08 Å². The van der Waals surface area contributed by atoms with Crippen molar-refractivity contribution < 1.29 is 9.59 Å². The van der Waals surface area contributed by atoms with Gasteiger partial charge in [-0.2, -0.15) is 0 Å². The summed E-state index contributed by atoms with van der Waals surface area (Å²) in [5, 5.41) is 5.52. The Labute approximate surface area is 168 Å². The zero-order chi connectivity index (χ0) is 20.6. The maximum Gasteiger partial charge on any atom is 0.255 e. The number of amides is 2. The predicted octanol–water partition coefficient (Wildman–Crippen LogP) is 2.83. The van der Waals surface area contributed by atoms with Crippen molar-refractivity contribution in [3.63, 3.8) is 0 Å². The van der Waals surface area contributed by atoms with Crippen LogP contribution in [0.15, 0.2) is 72.9 Å². The molecular weight excluding hydrogens is 366 g/mol. The molecule has 2 aromatic carbocycles. The number of nitrogens with two attached hydrogens (primary N) is 2. The number of rotatable bonds is 6. The Kier molecular flexibility index (Phi) is 6.22. The van der Waals surface area contributed by atoms with Crippen LogP contribution in [0.3, 0.4) is 0 Å². The molecule has 0 saturated heterocycles. The van der Waals surface area contributed by atoms with Crippen LogP contribution in [-0.4, -0.2) is 16.8 Å². The second-order valence-electron chi connectivity index (χ2n) is 6.31. The first-order chi connectivity index (χ1) is 14.0. The second-order valence-corrected chi connectivity index (χ2v) is 6.31. The summed E-state index contributed by atoms with van der Waals surface area (Å²) in [6.07, 6.45) is 4.73. The Morgan fingerprint density at radius 2 is 1.69 bits per heavy atom. The van der Waals surface area contributed by atoms with Crippen molar-refractivity contribution in [1.82, 2.24) is 10.3 Å². The highest BCUT2D eigenvalue weighted by Crippen LogP contribution is 2.15. The standard InChI is InChI=1S/C22H21N5O2/c23-18-10-5-15(6-11-18)7-12-20(28)26-14-16-3-8-17(9-4-16)22(29)27-19-2-1-13-25-21(19)24/h1-13H,14,23H2,(H2,24,25)(H,26,28)(H,27,29). The zero-order valence-electron chi connectivity index (χ0n) is 15.6. The molecule has 1 aromatic heterocycles. The van der Waals surface area contributed by atoms with E-state index in [0.717, 1.165) is 11.1 Å². The number of aromatic nitrogens is 1. The molecule has 0 atom stereocenters. The fraction of sp³-hybridized carbons (Fsp3) is 0.0455. The number of nitrogen functional groups attached to an aromatic ring is 2. The fourth-order valence-electron chi connectivity index (χ4n) is 2.52. The summed E-state index contributed by atoms with van der Waals surface area (Å²) in [5.41, 5.74) is 14.7. The van der Waals surface area contributed by atoms with Gasteiger partial charge in [-0.25, -0.2) is 4.98 Å². The van der Waals surface area contributed by atoms with Gasteiger partial charge < -0.3 is 22.1 Å². The highest BCUT2D eigenvalue weighted by atomic mass is 16.2. The average Bonchev–Trinajstić information content (AvgIpc) is 2.74. The zero-order valence-corrected chi connectivity index (χ0v) is 15.6. The number of hydrogen-bond donors (Lipinski definition) is 4. The van der Waals surface area contributed by atoms with Crippen molar-refractivity contribution in [3.8, 4) is 0 Å². The molecular formula is C22H21N5O2. The first kappa shape index (κ1) is 19.6. The van der Waals surface area contributed by atoms with Gasteiger partial charge in [0.2, 0.25) is 5.91 Å². The molecule has 0 unspecified atom stereocenters. The molecule has 0 aliphatic rings. The summed E-state index contributed by atoms with van der Waals surface area (Å²) < 4.78 is 0. The summed E-state index contributed by atoms with van der Waals surface area (Å²) in [6, 6.07) is 17.5. The van der Waals surface area contributed by atoms with E-state index in [-0.39, 0.29) is 17.6 Å². The smallest absolute Gasteiger partial charge is 0.255 e. The Morgan fingerprint density at radius 3 is 2.38 bits per heavy atom. The van der Waals surface area contributed by atoms with Crippen molar-refractivity contribution in [3.05, 3.63) is 89.6 Å². The van der Waals surface area contributed by atoms with Gasteiger partial charge in [-0.05, 0) is 53.6 Å². The number of carbonyl (C=O) groups is 2. The largest absolute Gasteiger partial charge is 0.399 e. The van der Waals surface area contributed by atoms with Crippen molar-refractivity contribution in [2.75, 3.05) is 16.8 Å². The second kappa shape index (κ2) is 9.18. The van der Waals surface area contributed by atoms with E-state index in [1.165, 1.54) is 6.08 Å². The highest BCUT2D eigenvalue weighted by Gasteiger charge is 2.08. The molecule has 0 bridgehead atoms. The van der Waals surface area contributed by atoms with E-state index in [1.54, 1.807) is 60.8 Å². The van der Waals surface area contributed by atoms with Gasteiger partial charge in [0.1, 0.15) is 5.82 Å². The van der Waals surface area contributed by atoms with Crippen LogP contribution in [0.1, 0.15) is 21.5 Å². The molecule has 0 aliphatic carbocycles. The molecule has 6 N–H and O–H groups in total. The lowest BCUT2D eigenvalue weighted by Gasteiger charge is -2.08. The van der Waals surface area contributed by atoms with Gasteiger partial charge >= 0.3 is 0 Å². The number of benzene rings is 2. The van der Waals surface area contributed by atoms with Crippen LogP contribution in [0, 0.1) is 0 Å². The minimum atomic E-state index is -0.285.